The van der Waals surface area contributed by atoms with E-state index in [-0.39, 0.29) is 0 Å². The van der Waals surface area contributed by atoms with Gasteiger partial charge in [0, 0.05) is 45.6 Å². The molecule has 6 nitrogen and oxygen atoms in total. The molecule has 0 spiro atoms. The number of para-hydroxylation sites is 1. The largest absolute Gasteiger partial charge is 0.414 e. The van der Waals surface area contributed by atoms with Crippen LogP contribution in [0.25, 0.3) is 5.70 Å². The summed E-state index contributed by atoms with van der Waals surface area (Å²) >= 11 is 0. The molecule has 1 aromatic carbocycles. The summed E-state index contributed by atoms with van der Waals surface area (Å²) in [5, 5.41) is 0. The third-order valence-corrected chi connectivity index (χ3v) is 4.66. The summed E-state index contributed by atoms with van der Waals surface area (Å²) in [6.45, 7) is 0. The number of carbonyl (C=O) groups excluding carboxylic acids is 1. The van der Waals surface area contributed by atoms with E-state index in [1.165, 1.54) is 11.2 Å². The highest BCUT2D eigenvalue weighted by Gasteiger charge is 2.25. The average molecular weight is 336 g/mol. The SMILES string of the molecule is CN(C)C(=O)Oc1ccccc1C1=C(S(C)(=O)=O)CC=CN1C. The van der Waals surface area contributed by atoms with Gasteiger partial charge in [0.25, 0.3) is 0 Å². The molecule has 0 fully saturated rings. The summed E-state index contributed by atoms with van der Waals surface area (Å²) in [4.78, 5) is 15.2. The number of allylic oxidation sites excluding steroid dienone is 2. The number of benzene rings is 1. The van der Waals surface area contributed by atoms with Crippen molar-refractivity contribution in [2.24, 2.45) is 0 Å². The van der Waals surface area contributed by atoms with Gasteiger partial charge in [0.2, 0.25) is 0 Å². The van der Waals surface area contributed by atoms with Gasteiger partial charge in [-0.05, 0) is 12.1 Å². The first kappa shape index (κ1) is 17.1. The predicted molar refractivity (Wildman–Crippen MR) is 89.4 cm³/mol. The third-order valence-electron chi connectivity index (χ3n) is 3.40. The second kappa shape index (κ2) is 6.45. The number of amides is 1. The van der Waals surface area contributed by atoms with Crippen LogP contribution in [0.15, 0.2) is 41.4 Å². The molecule has 2 rings (SSSR count). The highest BCUT2D eigenvalue weighted by molar-refractivity contribution is 7.94. The molecular weight excluding hydrogens is 316 g/mol. The van der Waals surface area contributed by atoms with Gasteiger partial charge in [-0.3, -0.25) is 0 Å². The molecule has 1 heterocycles. The normalized spacial score (nSPS) is 14.9. The topological polar surface area (TPSA) is 66.9 Å². The Balaban J connectivity index is 2.60. The molecule has 1 amide bonds. The van der Waals surface area contributed by atoms with Crippen molar-refractivity contribution in [2.45, 2.75) is 6.42 Å². The van der Waals surface area contributed by atoms with E-state index in [1.807, 2.05) is 0 Å². The van der Waals surface area contributed by atoms with Gasteiger partial charge >= 0.3 is 6.09 Å². The molecule has 124 valence electrons. The fourth-order valence-corrected chi connectivity index (χ4v) is 3.29. The minimum atomic E-state index is -3.38. The molecule has 0 bridgehead atoms. The number of ether oxygens (including phenoxy) is 1. The van der Waals surface area contributed by atoms with Crippen LogP contribution in [0.3, 0.4) is 0 Å². The zero-order chi connectivity index (χ0) is 17.2. The lowest BCUT2D eigenvalue weighted by atomic mass is 10.1. The molecule has 23 heavy (non-hydrogen) atoms. The molecule has 1 aliphatic heterocycles. The monoisotopic (exact) mass is 336 g/mol. The molecule has 1 aliphatic rings. The first-order valence-corrected chi connectivity index (χ1v) is 8.92. The van der Waals surface area contributed by atoms with E-state index in [9.17, 15) is 13.2 Å². The average Bonchev–Trinajstić information content (AvgIpc) is 2.46. The quantitative estimate of drug-likeness (QED) is 0.847. The first-order chi connectivity index (χ1) is 10.7. The van der Waals surface area contributed by atoms with Gasteiger partial charge in [-0.25, -0.2) is 13.2 Å². The molecule has 0 unspecified atom stereocenters. The molecule has 7 heteroatoms. The van der Waals surface area contributed by atoms with Crippen LogP contribution < -0.4 is 4.74 Å². The van der Waals surface area contributed by atoms with E-state index in [0.29, 0.717) is 28.3 Å². The summed E-state index contributed by atoms with van der Waals surface area (Å²) in [6, 6.07) is 6.91. The van der Waals surface area contributed by atoms with Crippen LogP contribution in [-0.4, -0.2) is 51.7 Å². The van der Waals surface area contributed by atoms with Crippen LogP contribution in [0.5, 0.6) is 5.75 Å². The zero-order valence-electron chi connectivity index (χ0n) is 13.6. The Morgan fingerprint density at radius 2 is 1.91 bits per heavy atom. The number of sulfone groups is 1. The predicted octanol–water partition coefficient (Wildman–Crippen LogP) is 2.31. The Bertz CT molecular complexity index is 779. The Labute approximate surface area is 136 Å². The lowest BCUT2D eigenvalue weighted by Crippen LogP contribution is -2.26. The summed E-state index contributed by atoms with van der Waals surface area (Å²) in [5.74, 6) is 0.324. The third kappa shape index (κ3) is 3.73. The molecule has 0 saturated carbocycles. The number of hydrogen-bond acceptors (Lipinski definition) is 5. The van der Waals surface area contributed by atoms with E-state index >= 15 is 0 Å². The number of carbonyl (C=O) groups is 1. The van der Waals surface area contributed by atoms with Gasteiger partial charge in [0.15, 0.2) is 9.84 Å². The highest BCUT2D eigenvalue weighted by Crippen LogP contribution is 2.35. The van der Waals surface area contributed by atoms with Gasteiger partial charge in [-0.15, -0.1) is 0 Å². The highest BCUT2D eigenvalue weighted by atomic mass is 32.2. The van der Waals surface area contributed by atoms with E-state index < -0.39 is 15.9 Å². The van der Waals surface area contributed by atoms with Crippen LogP contribution in [0.2, 0.25) is 0 Å². The Morgan fingerprint density at radius 3 is 2.52 bits per heavy atom. The molecule has 1 aromatic rings. The van der Waals surface area contributed by atoms with Crippen molar-refractivity contribution >= 4 is 21.6 Å². The Kier molecular flexibility index (Phi) is 4.79. The minimum Gasteiger partial charge on any atom is -0.409 e. The summed E-state index contributed by atoms with van der Waals surface area (Å²) in [6.07, 6.45) is 4.56. The molecular formula is C16H20N2O4S. The Morgan fingerprint density at radius 1 is 1.26 bits per heavy atom. The maximum Gasteiger partial charge on any atom is 0.414 e. The second-order valence-corrected chi connectivity index (χ2v) is 7.54. The van der Waals surface area contributed by atoms with Gasteiger partial charge in [0.1, 0.15) is 5.75 Å². The van der Waals surface area contributed by atoms with Crippen molar-refractivity contribution in [1.82, 2.24) is 9.80 Å². The zero-order valence-corrected chi connectivity index (χ0v) is 14.4. The van der Waals surface area contributed by atoms with E-state index in [2.05, 4.69) is 0 Å². The molecule has 0 radical (unpaired) electrons. The summed E-state index contributed by atoms with van der Waals surface area (Å²) < 4.78 is 29.6. The van der Waals surface area contributed by atoms with Crippen molar-refractivity contribution in [3.05, 3.63) is 47.0 Å². The summed E-state index contributed by atoms with van der Waals surface area (Å²) in [5.41, 5.74) is 1.09. The number of hydrogen-bond donors (Lipinski definition) is 0. The molecule has 0 aromatic heterocycles. The minimum absolute atomic E-state index is 0.302. The van der Waals surface area contributed by atoms with Crippen LogP contribution in [0.1, 0.15) is 12.0 Å². The van der Waals surface area contributed by atoms with E-state index in [4.69, 9.17) is 4.74 Å². The summed E-state index contributed by atoms with van der Waals surface area (Å²) in [7, 11) is 1.55. The van der Waals surface area contributed by atoms with Crippen molar-refractivity contribution in [1.29, 1.82) is 0 Å². The molecule has 0 aliphatic carbocycles. The molecule has 0 saturated heterocycles. The first-order valence-electron chi connectivity index (χ1n) is 7.03. The second-order valence-electron chi connectivity index (χ2n) is 5.50. The van der Waals surface area contributed by atoms with E-state index in [0.717, 1.165) is 0 Å². The lowest BCUT2D eigenvalue weighted by molar-refractivity contribution is 0.171. The Hall–Kier alpha value is -2.28. The van der Waals surface area contributed by atoms with Crippen LogP contribution >= 0.6 is 0 Å². The van der Waals surface area contributed by atoms with Gasteiger partial charge in [-0.1, -0.05) is 18.2 Å². The lowest BCUT2D eigenvalue weighted by Gasteiger charge is -2.27. The number of rotatable bonds is 3. The fraction of sp³-hybridized carbons (Fsp3) is 0.312. The van der Waals surface area contributed by atoms with Crippen molar-refractivity contribution in [3.63, 3.8) is 0 Å². The van der Waals surface area contributed by atoms with Crippen molar-refractivity contribution in [2.75, 3.05) is 27.4 Å². The van der Waals surface area contributed by atoms with Gasteiger partial charge in [-0.2, -0.15) is 0 Å². The maximum absolute atomic E-state index is 12.1. The fourth-order valence-electron chi connectivity index (χ4n) is 2.29. The number of nitrogens with zero attached hydrogens (tertiary/aromatic N) is 2. The standard InChI is InChI=1S/C16H20N2O4S/c1-17(2)16(19)22-13-9-6-5-8-12(13)15-14(23(4,20)21)10-7-11-18(15)3/h5-9,11H,10H2,1-4H3. The van der Waals surface area contributed by atoms with Gasteiger partial charge in [0.05, 0.1) is 10.6 Å². The van der Waals surface area contributed by atoms with Crippen LogP contribution in [0, 0.1) is 0 Å². The molecule has 0 N–H and O–H groups in total. The molecule has 0 atom stereocenters. The smallest absolute Gasteiger partial charge is 0.409 e. The maximum atomic E-state index is 12.1. The van der Waals surface area contributed by atoms with Crippen LogP contribution in [0.4, 0.5) is 4.79 Å². The van der Waals surface area contributed by atoms with Crippen LogP contribution in [-0.2, 0) is 9.84 Å². The van der Waals surface area contributed by atoms with Gasteiger partial charge < -0.3 is 14.5 Å². The van der Waals surface area contributed by atoms with Crippen molar-refractivity contribution in [3.8, 4) is 5.75 Å². The van der Waals surface area contributed by atoms with Crippen molar-refractivity contribution < 1.29 is 17.9 Å². The van der Waals surface area contributed by atoms with E-state index in [1.54, 1.807) is 62.6 Å².